The number of hydrogen-bond acceptors (Lipinski definition) is 4. The minimum atomic E-state index is -1.17. The molecule has 0 aliphatic heterocycles. The Morgan fingerprint density at radius 1 is 1.43 bits per heavy atom. The summed E-state index contributed by atoms with van der Waals surface area (Å²) in [5.74, 6) is 0.342. The van der Waals surface area contributed by atoms with E-state index >= 15 is 0 Å². The molecule has 3 rings (SSSR count). The van der Waals surface area contributed by atoms with Gasteiger partial charge in [-0.1, -0.05) is 30.3 Å². The maximum Gasteiger partial charge on any atom is 0.223 e. The molecule has 1 amide bonds. The third kappa shape index (κ3) is 3.98. The highest BCUT2D eigenvalue weighted by Crippen LogP contribution is 2.42. The molecule has 122 valence electrons. The summed E-state index contributed by atoms with van der Waals surface area (Å²) in [5, 5.41) is 16.7. The molecule has 2 atom stereocenters. The van der Waals surface area contributed by atoms with Crippen LogP contribution in [-0.2, 0) is 10.4 Å². The second kappa shape index (κ2) is 6.42. The van der Waals surface area contributed by atoms with Crippen molar-refractivity contribution in [3.63, 3.8) is 0 Å². The van der Waals surface area contributed by atoms with E-state index in [1.54, 1.807) is 18.3 Å². The summed E-state index contributed by atoms with van der Waals surface area (Å²) in [5.41, 5.74) is 0.572. The Labute approximate surface area is 140 Å². The summed E-state index contributed by atoms with van der Waals surface area (Å²) in [4.78, 5) is 17.0. The van der Waals surface area contributed by atoms with Gasteiger partial charge in [0.1, 0.15) is 5.01 Å². The van der Waals surface area contributed by atoms with Crippen molar-refractivity contribution in [3.05, 3.63) is 52.0 Å². The van der Waals surface area contributed by atoms with Crippen LogP contribution in [0.15, 0.2) is 35.7 Å². The Morgan fingerprint density at radius 2 is 2.13 bits per heavy atom. The lowest BCUT2D eigenvalue weighted by molar-refractivity contribution is -0.126. The normalized spacial score (nSPS) is 18.2. The van der Waals surface area contributed by atoms with Gasteiger partial charge in [-0.15, -0.1) is 11.3 Å². The average molecular weight is 330 g/mol. The number of aliphatic hydroxyl groups is 1. The van der Waals surface area contributed by atoms with E-state index in [1.165, 1.54) is 0 Å². The molecule has 1 aromatic heterocycles. The Bertz CT molecular complexity index is 677. The van der Waals surface area contributed by atoms with Gasteiger partial charge in [-0.3, -0.25) is 4.79 Å². The quantitative estimate of drug-likeness (QED) is 0.854. The molecule has 2 aromatic rings. The minimum Gasteiger partial charge on any atom is -0.385 e. The number of nitrogens with zero attached hydrogens (tertiary/aromatic N) is 1. The number of carbonyl (C=O) groups excluding carboxylic acids is 1. The number of amides is 1. The second-order valence-electron chi connectivity index (χ2n) is 6.53. The first-order valence-corrected chi connectivity index (χ1v) is 8.83. The number of aromatic nitrogens is 1. The van der Waals surface area contributed by atoms with Crippen LogP contribution in [0.3, 0.4) is 0 Å². The first-order chi connectivity index (χ1) is 11.0. The Hall–Kier alpha value is -1.72. The molecule has 1 aliphatic carbocycles. The van der Waals surface area contributed by atoms with Crippen LogP contribution in [0.1, 0.15) is 48.5 Å². The molecule has 2 unspecified atom stereocenters. The van der Waals surface area contributed by atoms with Crippen LogP contribution in [0.4, 0.5) is 0 Å². The van der Waals surface area contributed by atoms with E-state index in [0.717, 1.165) is 29.1 Å². The molecular formula is C18H22N2O2S. The van der Waals surface area contributed by atoms with Gasteiger partial charge in [-0.05, 0) is 38.2 Å². The average Bonchev–Trinajstić information content (AvgIpc) is 3.27. The number of benzene rings is 1. The molecule has 5 heteroatoms. The van der Waals surface area contributed by atoms with Crippen LogP contribution < -0.4 is 5.32 Å². The molecule has 0 bridgehead atoms. The fraction of sp³-hybridized carbons (Fsp3) is 0.444. The molecule has 23 heavy (non-hydrogen) atoms. The lowest BCUT2D eigenvalue weighted by Gasteiger charge is -2.25. The molecule has 0 radical (unpaired) electrons. The van der Waals surface area contributed by atoms with Gasteiger partial charge in [0.15, 0.2) is 0 Å². The van der Waals surface area contributed by atoms with Crippen molar-refractivity contribution < 1.29 is 9.90 Å². The van der Waals surface area contributed by atoms with Crippen LogP contribution in [0.2, 0.25) is 0 Å². The highest BCUT2D eigenvalue weighted by Gasteiger charge is 2.36. The lowest BCUT2D eigenvalue weighted by atomic mass is 9.92. The molecule has 1 aliphatic rings. The van der Waals surface area contributed by atoms with Crippen molar-refractivity contribution in [2.24, 2.45) is 5.92 Å². The fourth-order valence-corrected chi connectivity index (χ4v) is 3.70. The number of nitrogens with one attached hydrogen (secondary N) is 1. The summed E-state index contributed by atoms with van der Waals surface area (Å²) in [6.45, 7) is 3.65. The van der Waals surface area contributed by atoms with Gasteiger partial charge >= 0.3 is 0 Å². The molecule has 0 spiro atoms. The smallest absolute Gasteiger partial charge is 0.223 e. The topological polar surface area (TPSA) is 62.2 Å². The van der Waals surface area contributed by atoms with Crippen molar-refractivity contribution in [1.82, 2.24) is 10.3 Å². The van der Waals surface area contributed by atoms with Crippen LogP contribution in [0.5, 0.6) is 0 Å². The Kier molecular flexibility index (Phi) is 4.50. The third-order valence-electron chi connectivity index (χ3n) is 4.21. The van der Waals surface area contributed by atoms with E-state index in [9.17, 15) is 9.90 Å². The highest BCUT2D eigenvalue weighted by molar-refractivity contribution is 7.09. The van der Waals surface area contributed by atoms with E-state index in [-0.39, 0.29) is 18.4 Å². The Balaban J connectivity index is 1.68. The van der Waals surface area contributed by atoms with Crippen molar-refractivity contribution in [2.45, 2.75) is 44.8 Å². The maximum absolute atomic E-state index is 12.5. The van der Waals surface area contributed by atoms with Gasteiger partial charge in [0.25, 0.3) is 0 Å². The number of carbonyl (C=O) groups is 1. The maximum atomic E-state index is 12.5. The van der Waals surface area contributed by atoms with Gasteiger partial charge in [-0.2, -0.15) is 0 Å². The Morgan fingerprint density at radius 3 is 2.70 bits per heavy atom. The highest BCUT2D eigenvalue weighted by atomic mass is 32.1. The molecule has 4 nitrogen and oxygen atoms in total. The van der Waals surface area contributed by atoms with Crippen LogP contribution in [0, 0.1) is 12.8 Å². The van der Waals surface area contributed by atoms with E-state index in [4.69, 9.17) is 0 Å². The third-order valence-corrected chi connectivity index (χ3v) is 5.26. The summed E-state index contributed by atoms with van der Waals surface area (Å²) in [6, 6.07) is 9.30. The summed E-state index contributed by atoms with van der Waals surface area (Å²) in [6.07, 6.45) is 2.29. The predicted molar refractivity (Wildman–Crippen MR) is 91.1 cm³/mol. The monoisotopic (exact) mass is 330 g/mol. The molecular weight excluding hydrogens is 308 g/mol. The van der Waals surface area contributed by atoms with E-state index in [2.05, 4.69) is 10.3 Å². The van der Waals surface area contributed by atoms with Gasteiger partial charge in [-0.25, -0.2) is 4.98 Å². The molecule has 1 fully saturated rings. The van der Waals surface area contributed by atoms with Crippen LogP contribution >= 0.6 is 11.3 Å². The zero-order valence-corrected chi connectivity index (χ0v) is 14.3. The predicted octanol–water partition coefficient (Wildman–Crippen LogP) is 3.32. The van der Waals surface area contributed by atoms with Crippen molar-refractivity contribution in [2.75, 3.05) is 0 Å². The van der Waals surface area contributed by atoms with Gasteiger partial charge in [0, 0.05) is 11.1 Å². The zero-order chi connectivity index (χ0) is 16.4. The van der Waals surface area contributed by atoms with E-state index in [1.807, 2.05) is 42.6 Å². The van der Waals surface area contributed by atoms with Crippen molar-refractivity contribution >= 4 is 17.2 Å². The molecule has 2 N–H and O–H groups in total. The summed E-state index contributed by atoms with van der Waals surface area (Å²) < 4.78 is 0. The van der Waals surface area contributed by atoms with Gasteiger partial charge in [0.2, 0.25) is 5.91 Å². The van der Waals surface area contributed by atoms with Crippen molar-refractivity contribution in [3.8, 4) is 0 Å². The number of rotatable bonds is 6. The summed E-state index contributed by atoms with van der Waals surface area (Å²) in [7, 11) is 0. The SMILES string of the molecule is Cc1csc(C(NC(=O)CC(C)(O)c2ccccc2)C2CC2)n1. The standard InChI is InChI=1S/C18H22N2O2S/c1-12-11-23-17(19-12)16(13-8-9-13)20-15(21)10-18(2,22)14-6-4-3-5-7-14/h3-7,11,13,16,22H,8-10H2,1-2H3,(H,20,21). The zero-order valence-electron chi connectivity index (χ0n) is 13.5. The fourth-order valence-electron chi connectivity index (χ4n) is 2.76. The second-order valence-corrected chi connectivity index (χ2v) is 7.42. The van der Waals surface area contributed by atoms with Crippen LogP contribution in [-0.4, -0.2) is 16.0 Å². The first-order valence-electron chi connectivity index (χ1n) is 7.95. The van der Waals surface area contributed by atoms with E-state index < -0.39 is 5.60 Å². The first kappa shape index (κ1) is 16.1. The van der Waals surface area contributed by atoms with Crippen LogP contribution in [0.25, 0.3) is 0 Å². The number of hydrogen-bond donors (Lipinski definition) is 2. The van der Waals surface area contributed by atoms with E-state index in [0.29, 0.717) is 5.92 Å². The molecule has 1 saturated carbocycles. The number of thiazole rings is 1. The van der Waals surface area contributed by atoms with Gasteiger partial charge in [0.05, 0.1) is 18.1 Å². The summed E-state index contributed by atoms with van der Waals surface area (Å²) >= 11 is 1.59. The lowest BCUT2D eigenvalue weighted by Crippen LogP contribution is -2.35. The largest absolute Gasteiger partial charge is 0.385 e. The molecule has 1 aromatic carbocycles. The van der Waals surface area contributed by atoms with Gasteiger partial charge < -0.3 is 10.4 Å². The molecule has 0 saturated heterocycles. The number of aryl methyl sites for hydroxylation is 1. The van der Waals surface area contributed by atoms with Crippen molar-refractivity contribution in [1.29, 1.82) is 0 Å². The molecule has 1 heterocycles. The minimum absolute atomic E-state index is 0.0206.